The molecule has 0 radical (unpaired) electrons. The summed E-state index contributed by atoms with van der Waals surface area (Å²) in [5.41, 5.74) is 10.0. The topological polar surface area (TPSA) is 179 Å². The lowest BCUT2D eigenvalue weighted by Gasteiger charge is -2.37. The number of benzene rings is 2. The Bertz CT molecular complexity index is 2600. The van der Waals surface area contributed by atoms with Crippen LogP contribution in [-0.4, -0.2) is 148 Å². The van der Waals surface area contributed by atoms with Gasteiger partial charge in [0, 0.05) is 80.7 Å². The van der Waals surface area contributed by atoms with Crippen LogP contribution in [0.15, 0.2) is 54.7 Å². The molecule has 16 nitrogen and oxygen atoms in total. The number of pyridine rings is 1. The number of phenolic OH excluding ortho intramolecular Hbond substituents is 1. The molecule has 6 bridgehead atoms. The SMILES string of the molecule is CCn1c(-c2cccnc2C(C)C)c2c3cc(ccc31)-c1cc(O)cc(c1)C[C@H](NC(=O)[C@H](C(C)C)N(C)C(=O)CN(C)C(=O)[C@@H]1CN1CC1COC1)C(=O)N1CCC[C@H](N1)C(=O)OCC(C)(C)C2. The van der Waals surface area contributed by atoms with Gasteiger partial charge in [0.15, 0.2) is 0 Å². The van der Waals surface area contributed by atoms with E-state index in [4.69, 9.17) is 14.5 Å². The van der Waals surface area contributed by atoms with Gasteiger partial charge in [-0.3, -0.25) is 38.9 Å². The van der Waals surface area contributed by atoms with Crippen LogP contribution in [0.3, 0.4) is 0 Å². The molecule has 0 saturated carbocycles. The van der Waals surface area contributed by atoms with Gasteiger partial charge >= 0.3 is 5.97 Å². The minimum atomic E-state index is -1.17. The number of nitrogens with one attached hydrogen (secondary N) is 2. The van der Waals surface area contributed by atoms with Crippen LogP contribution < -0.4 is 10.7 Å². The van der Waals surface area contributed by atoms with Gasteiger partial charge in [-0.05, 0) is 96.7 Å². The average Bonchev–Trinajstić information content (AvgIpc) is 4.01. The molecule has 2 aromatic heterocycles. The van der Waals surface area contributed by atoms with Crippen molar-refractivity contribution in [3.05, 3.63) is 71.5 Å². The molecule has 3 saturated heterocycles. The van der Waals surface area contributed by atoms with Crippen LogP contribution in [0.2, 0.25) is 0 Å². The fourth-order valence-corrected chi connectivity index (χ4v) is 10.4. The third-order valence-corrected chi connectivity index (χ3v) is 14.1. The molecule has 370 valence electrons. The highest BCUT2D eigenvalue weighted by Crippen LogP contribution is 2.42. The van der Waals surface area contributed by atoms with Crippen molar-refractivity contribution in [3.8, 4) is 28.1 Å². The molecule has 4 aliphatic rings. The quantitative estimate of drug-likeness (QED) is 0.127. The summed E-state index contributed by atoms with van der Waals surface area (Å²) in [6.45, 7) is 17.9. The minimum Gasteiger partial charge on any atom is -0.508 e. The summed E-state index contributed by atoms with van der Waals surface area (Å²) in [5, 5.41) is 16.8. The number of fused-ring (bicyclic) bond motifs is 6. The van der Waals surface area contributed by atoms with Gasteiger partial charge in [-0.15, -0.1) is 0 Å². The number of rotatable bonds is 12. The Morgan fingerprint density at radius 3 is 2.49 bits per heavy atom. The van der Waals surface area contributed by atoms with E-state index in [-0.39, 0.29) is 55.7 Å². The zero-order chi connectivity index (χ0) is 49.5. The number of hydrogen-bond donors (Lipinski definition) is 3. The van der Waals surface area contributed by atoms with Crippen LogP contribution in [0.25, 0.3) is 33.3 Å². The number of hydrogen-bond acceptors (Lipinski definition) is 11. The van der Waals surface area contributed by atoms with Gasteiger partial charge < -0.3 is 34.3 Å². The number of phenols is 1. The number of ether oxygens (including phenoxy) is 2. The maximum absolute atomic E-state index is 14.8. The molecule has 16 heteroatoms. The number of likely N-dealkylation sites (N-methyl/N-ethyl adjacent to an activating group) is 2. The summed E-state index contributed by atoms with van der Waals surface area (Å²) in [4.78, 5) is 80.1. The molecule has 8 rings (SSSR count). The minimum absolute atomic E-state index is 0.00558. The van der Waals surface area contributed by atoms with Crippen LogP contribution >= 0.6 is 0 Å². The molecular formula is C53H70N8O8. The molecule has 0 spiro atoms. The smallest absolute Gasteiger partial charge is 0.324 e. The third kappa shape index (κ3) is 10.7. The number of cyclic esters (lactones) is 1. The number of aryl methyl sites for hydroxylation is 1. The fraction of sp³-hybridized carbons (Fsp3) is 0.547. The maximum Gasteiger partial charge on any atom is 0.324 e. The lowest BCUT2D eigenvalue weighted by Crippen LogP contribution is -2.62. The second kappa shape index (κ2) is 20.2. The van der Waals surface area contributed by atoms with E-state index >= 15 is 0 Å². The molecular weight excluding hydrogens is 877 g/mol. The van der Waals surface area contributed by atoms with E-state index in [1.54, 1.807) is 26.2 Å². The lowest BCUT2D eigenvalue weighted by atomic mass is 9.83. The van der Waals surface area contributed by atoms with Crippen molar-refractivity contribution in [2.45, 2.75) is 111 Å². The highest BCUT2D eigenvalue weighted by molar-refractivity contribution is 5.96. The fourth-order valence-electron chi connectivity index (χ4n) is 10.4. The monoisotopic (exact) mass is 947 g/mol. The van der Waals surface area contributed by atoms with Gasteiger partial charge in [-0.25, -0.2) is 5.43 Å². The van der Waals surface area contributed by atoms with Crippen LogP contribution in [0.4, 0.5) is 0 Å². The van der Waals surface area contributed by atoms with Crippen LogP contribution in [0.5, 0.6) is 5.75 Å². The first kappa shape index (κ1) is 49.6. The number of carbonyl (C=O) groups is 5. The zero-order valence-corrected chi connectivity index (χ0v) is 41.7. The number of esters is 1. The Morgan fingerprint density at radius 1 is 1.03 bits per heavy atom. The van der Waals surface area contributed by atoms with E-state index in [1.165, 1.54) is 14.8 Å². The molecule has 1 unspecified atom stereocenters. The Balaban J connectivity index is 1.13. The standard InChI is InChI=1S/C53H70N8O8/c1-10-60-43-16-15-35-23-39(43)40(48(60)38-13-11-17-54-46(38)31(2)3)24-53(6,7)30-69-52(67)41-14-12-18-61(56-41)50(65)42(21-33-19-36(35)22-37(62)20-33)55-49(64)47(32(4)5)58(9)45(63)27-57(8)51(66)44-26-59(44)25-34-28-68-29-34/h11,13,15-17,19-20,22-23,31-32,34,41-42,44,47,56,62H,10,12,14,18,21,24-30H2,1-9H3,(H,55,64)/t41-,42-,44-,47-,59?/m0/s1. The lowest BCUT2D eigenvalue weighted by molar-refractivity contribution is -0.155. The molecule has 3 N–H and O–H groups in total. The highest BCUT2D eigenvalue weighted by Gasteiger charge is 2.44. The van der Waals surface area contributed by atoms with Gasteiger partial charge in [0.2, 0.25) is 17.7 Å². The Kier molecular flexibility index (Phi) is 14.5. The van der Waals surface area contributed by atoms with E-state index in [9.17, 15) is 29.1 Å². The normalized spacial score (nSPS) is 22.2. The van der Waals surface area contributed by atoms with Gasteiger partial charge in [-0.1, -0.05) is 53.7 Å². The molecule has 4 aliphatic heterocycles. The van der Waals surface area contributed by atoms with Gasteiger partial charge in [-0.2, -0.15) is 0 Å². The second-order valence-corrected chi connectivity index (χ2v) is 21.1. The van der Waals surface area contributed by atoms with Crippen molar-refractivity contribution in [3.63, 3.8) is 0 Å². The van der Waals surface area contributed by atoms with Crippen molar-refractivity contribution in [2.24, 2.45) is 17.3 Å². The number of aromatic nitrogens is 2. The van der Waals surface area contributed by atoms with Crippen molar-refractivity contribution in [2.75, 3.05) is 60.1 Å². The number of amides is 4. The molecule has 4 aromatic rings. The predicted octanol–water partition coefficient (Wildman–Crippen LogP) is 5.14. The zero-order valence-electron chi connectivity index (χ0n) is 41.7. The van der Waals surface area contributed by atoms with Gasteiger partial charge in [0.05, 0.1) is 37.8 Å². The molecule has 0 aliphatic carbocycles. The first-order valence-corrected chi connectivity index (χ1v) is 24.6. The van der Waals surface area contributed by atoms with E-state index in [0.29, 0.717) is 57.0 Å². The summed E-state index contributed by atoms with van der Waals surface area (Å²) in [6.07, 6.45) is 3.35. The van der Waals surface area contributed by atoms with Crippen LogP contribution in [0, 0.1) is 17.3 Å². The number of aromatic hydroxyl groups is 1. The highest BCUT2D eigenvalue weighted by atomic mass is 16.5. The summed E-state index contributed by atoms with van der Waals surface area (Å²) < 4.78 is 13.7. The van der Waals surface area contributed by atoms with Crippen molar-refractivity contribution in [1.82, 2.24) is 40.0 Å². The number of hydrazine groups is 1. The molecule has 4 amide bonds. The third-order valence-electron chi connectivity index (χ3n) is 14.1. The van der Waals surface area contributed by atoms with E-state index in [2.05, 4.69) is 73.0 Å². The number of nitrogens with zero attached hydrogens (tertiary/aromatic N) is 6. The van der Waals surface area contributed by atoms with Crippen LogP contribution in [0.1, 0.15) is 84.0 Å². The second-order valence-electron chi connectivity index (χ2n) is 21.1. The van der Waals surface area contributed by atoms with Crippen molar-refractivity contribution in [1.29, 1.82) is 0 Å². The summed E-state index contributed by atoms with van der Waals surface area (Å²) in [5.74, 6) is -1.87. The number of carbonyl (C=O) groups excluding carboxylic acids is 5. The van der Waals surface area contributed by atoms with E-state index in [1.807, 2.05) is 38.2 Å². The van der Waals surface area contributed by atoms with Crippen LogP contribution in [-0.2, 0) is 52.8 Å². The Labute approximate surface area is 405 Å². The molecule has 5 atom stereocenters. The predicted molar refractivity (Wildman–Crippen MR) is 263 cm³/mol. The van der Waals surface area contributed by atoms with E-state index < -0.39 is 47.2 Å². The Hall–Kier alpha value is -5.84. The molecule has 6 heterocycles. The molecule has 3 fully saturated rings. The van der Waals surface area contributed by atoms with Gasteiger partial charge in [0.1, 0.15) is 29.9 Å². The first-order valence-electron chi connectivity index (χ1n) is 24.6. The van der Waals surface area contributed by atoms with Crippen molar-refractivity contribution >= 4 is 40.5 Å². The molecule has 2 aromatic carbocycles. The Morgan fingerprint density at radius 2 is 1.80 bits per heavy atom. The summed E-state index contributed by atoms with van der Waals surface area (Å²) >= 11 is 0. The largest absolute Gasteiger partial charge is 0.508 e. The maximum atomic E-state index is 14.8. The summed E-state index contributed by atoms with van der Waals surface area (Å²) in [7, 11) is 3.14. The first-order chi connectivity index (χ1) is 32.8. The average molecular weight is 947 g/mol. The summed E-state index contributed by atoms with van der Waals surface area (Å²) in [6, 6.07) is 12.4. The van der Waals surface area contributed by atoms with Gasteiger partial charge in [0.25, 0.3) is 5.91 Å². The molecule has 69 heavy (non-hydrogen) atoms. The van der Waals surface area contributed by atoms with Crippen molar-refractivity contribution < 1.29 is 38.6 Å². The van der Waals surface area contributed by atoms with E-state index in [0.717, 1.165) is 51.1 Å².